The second kappa shape index (κ2) is 9.18. The Bertz CT molecular complexity index is 482. The van der Waals surface area contributed by atoms with E-state index in [1.165, 1.54) is 0 Å². The van der Waals surface area contributed by atoms with Crippen LogP contribution in [0.25, 0.3) is 0 Å². The highest BCUT2D eigenvalue weighted by Crippen LogP contribution is 2.37. The minimum atomic E-state index is -0.371. The number of methoxy groups -OCH3 is 1. The number of aromatic nitrogens is 2. The fraction of sp³-hybridized carbons (Fsp3) is 0.778. The molecule has 0 spiro atoms. The molecule has 0 saturated carbocycles. The van der Waals surface area contributed by atoms with Gasteiger partial charge in [-0.3, -0.25) is 9.48 Å². The van der Waals surface area contributed by atoms with Crippen LogP contribution in [0.5, 0.6) is 0 Å². The fourth-order valence-corrected chi connectivity index (χ4v) is 3.47. The second-order valence-corrected chi connectivity index (χ2v) is 6.69. The van der Waals surface area contributed by atoms with Crippen LogP contribution in [0.1, 0.15) is 39.5 Å². The van der Waals surface area contributed by atoms with Gasteiger partial charge in [-0.15, -0.1) is 0 Å². The first kappa shape index (κ1) is 18.9. The molecule has 1 aliphatic rings. The Kier molecular flexibility index (Phi) is 7.24. The number of hydrogen-bond donors (Lipinski definition) is 0. The van der Waals surface area contributed by atoms with Crippen LogP contribution in [0.3, 0.4) is 0 Å². The lowest BCUT2D eigenvalue weighted by Gasteiger charge is -2.42. The molecule has 1 aliphatic heterocycles. The Balaban J connectivity index is 1.87. The predicted octanol–water partition coefficient (Wildman–Crippen LogP) is 2.34. The third-order valence-electron chi connectivity index (χ3n) is 5.21. The van der Waals surface area contributed by atoms with Gasteiger partial charge in [-0.2, -0.15) is 5.10 Å². The maximum atomic E-state index is 12.5. The van der Waals surface area contributed by atoms with Crippen LogP contribution in [0, 0.1) is 5.41 Å². The molecule has 0 N–H and O–H groups in total. The van der Waals surface area contributed by atoms with Crippen molar-refractivity contribution in [3.63, 3.8) is 0 Å². The summed E-state index contributed by atoms with van der Waals surface area (Å²) in [4.78, 5) is 15.0. The minimum Gasteiger partial charge on any atom is -0.466 e. The number of hydrogen-bond acceptors (Lipinski definition) is 5. The van der Waals surface area contributed by atoms with Gasteiger partial charge in [0.2, 0.25) is 0 Å². The first-order valence-electron chi connectivity index (χ1n) is 8.99. The van der Waals surface area contributed by atoms with Crippen molar-refractivity contribution in [2.75, 3.05) is 33.4 Å². The summed E-state index contributed by atoms with van der Waals surface area (Å²) in [6.07, 6.45) is 7.32. The summed E-state index contributed by atoms with van der Waals surface area (Å²) in [5.41, 5.74) is -0.371. The van der Waals surface area contributed by atoms with Gasteiger partial charge in [0, 0.05) is 38.7 Å². The molecule has 1 aromatic rings. The van der Waals surface area contributed by atoms with E-state index in [0.717, 1.165) is 45.3 Å². The summed E-state index contributed by atoms with van der Waals surface area (Å²) in [6.45, 7) is 7.97. The van der Waals surface area contributed by atoms with Gasteiger partial charge in [0.25, 0.3) is 0 Å². The van der Waals surface area contributed by atoms with Crippen LogP contribution in [0.2, 0.25) is 0 Å². The molecular weight excluding hydrogens is 306 g/mol. The van der Waals surface area contributed by atoms with Gasteiger partial charge in [0.15, 0.2) is 0 Å². The molecule has 0 unspecified atom stereocenters. The van der Waals surface area contributed by atoms with E-state index in [4.69, 9.17) is 9.47 Å². The van der Waals surface area contributed by atoms with Gasteiger partial charge in [0.1, 0.15) is 0 Å². The van der Waals surface area contributed by atoms with E-state index < -0.39 is 0 Å². The molecule has 2 heterocycles. The highest BCUT2D eigenvalue weighted by molar-refractivity contribution is 5.77. The monoisotopic (exact) mass is 337 g/mol. The number of likely N-dealkylation sites (tertiary alicyclic amines) is 1. The molecule has 1 atom stereocenters. The van der Waals surface area contributed by atoms with Gasteiger partial charge in [-0.05, 0) is 58.7 Å². The van der Waals surface area contributed by atoms with Crippen LogP contribution in [0.15, 0.2) is 18.5 Å². The number of ether oxygens (including phenoxy) is 2. The number of aryl methyl sites for hydroxylation is 1. The minimum absolute atomic E-state index is 0.0501. The third kappa shape index (κ3) is 4.80. The Morgan fingerprint density at radius 3 is 2.71 bits per heavy atom. The Hall–Kier alpha value is -1.40. The van der Waals surface area contributed by atoms with Gasteiger partial charge < -0.3 is 14.4 Å². The zero-order chi connectivity index (χ0) is 17.4. The maximum Gasteiger partial charge on any atom is 0.312 e. The molecule has 0 bridgehead atoms. The molecule has 1 fully saturated rings. The lowest BCUT2D eigenvalue weighted by atomic mass is 9.75. The number of nitrogens with zero attached hydrogens (tertiary/aromatic N) is 3. The number of carbonyl (C=O) groups is 1. The van der Waals surface area contributed by atoms with E-state index in [0.29, 0.717) is 19.3 Å². The Labute approximate surface area is 145 Å². The number of carbonyl (C=O) groups excluding carboxylic acids is 1. The summed E-state index contributed by atoms with van der Waals surface area (Å²) < 4.78 is 12.5. The van der Waals surface area contributed by atoms with Gasteiger partial charge in [-0.25, -0.2) is 0 Å². The van der Waals surface area contributed by atoms with Crippen LogP contribution >= 0.6 is 0 Å². The zero-order valence-corrected chi connectivity index (χ0v) is 15.2. The highest BCUT2D eigenvalue weighted by Gasteiger charge is 2.42. The molecular formula is C18H31N3O3. The summed E-state index contributed by atoms with van der Waals surface area (Å²) in [6, 6.07) is 2.44. The number of esters is 1. The van der Waals surface area contributed by atoms with Gasteiger partial charge >= 0.3 is 5.97 Å². The molecule has 0 amide bonds. The summed E-state index contributed by atoms with van der Waals surface area (Å²) in [7, 11) is 1.69. The molecule has 0 aromatic carbocycles. The first-order chi connectivity index (χ1) is 11.6. The summed E-state index contributed by atoms with van der Waals surface area (Å²) >= 11 is 0. The first-order valence-corrected chi connectivity index (χ1v) is 8.99. The Morgan fingerprint density at radius 2 is 2.12 bits per heavy atom. The van der Waals surface area contributed by atoms with E-state index in [1.807, 2.05) is 30.1 Å². The largest absolute Gasteiger partial charge is 0.466 e. The van der Waals surface area contributed by atoms with Crippen LogP contribution in [0.4, 0.5) is 0 Å². The third-order valence-corrected chi connectivity index (χ3v) is 5.21. The highest BCUT2D eigenvalue weighted by atomic mass is 16.5. The van der Waals surface area contributed by atoms with Crippen LogP contribution < -0.4 is 0 Å². The number of piperidine rings is 1. The topological polar surface area (TPSA) is 56.6 Å². The van der Waals surface area contributed by atoms with Crippen molar-refractivity contribution in [2.45, 2.75) is 52.1 Å². The normalized spacial score (nSPS) is 19.1. The van der Waals surface area contributed by atoms with Crippen molar-refractivity contribution in [3.8, 4) is 0 Å². The fourth-order valence-electron chi connectivity index (χ4n) is 3.47. The lowest BCUT2D eigenvalue weighted by Crippen LogP contribution is -2.48. The molecule has 2 rings (SSSR count). The lowest BCUT2D eigenvalue weighted by molar-refractivity contribution is -0.160. The van der Waals surface area contributed by atoms with E-state index >= 15 is 0 Å². The van der Waals surface area contributed by atoms with Crippen molar-refractivity contribution < 1.29 is 14.3 Å². The standard InChI is InChI=1S/C18H31N3O3/c1-4-24-17(22)18(9-15-23-3)7-13-20(14-8-18)16(2)6-12-21-11-5-10-19-21/h5,10-11,16H,4,6-9,12-15H2,1-3H3/t16-/m1/s1. The van der Waals surface area contributed by atoms with Crippen LogP contribution in [-0.4, -0.2) is 60.1 Å². The van der Waals surface area contributed by atoms with Crippen molar-refractivity contribution >= 4 is 5.97 Å². The summed E-state index contributed by atoms with van der Waals surface area (Å²) in [5.74, 6) is -0.0501. The molecule has 136 valence electrons. The van der Waals surface area contributed by atoms with E-state index in [1.54, 1.807) is 7.11 Å². The average Bonchev–Trinajstić information content (AvgIpc) is 3.12. The smallest absolute Gasteiger partial charge is 0.312 e. The Morgan fingerprint density at radius 1 is 1.38 bits per heavy atom. The molecule has 6 nitrogen and oxygen atoms in total. The van der Waals surface area contributed by atoms with E-state index in [9.17, 15) is 4.79 Å². The molecule has 0 radical (unpaired) electrons. The summed E-state index contributed by atoms with van der Waals surface area (Å²) in [5, 5.41) is 4.26. The quantitative estimate of drug-likeness (QED) is 0.648. The maximum absolute atomic E-state index is 12.5. The van der Waals surface area contributed by atoms with Crippen molar-refractivity contribution in [3.05, 3.63) is 18.5 Å². The van der Waals surface area contributed by atoms with Crippen molar-refractivity contribution in [1.29, 1.82) is 0 Å². The molecule has 0 aliphatic carbocycles. The van der Waals surface area contributed by atoms with E-state index in [2.05, 4.69) is 16.9 Å². The number of rotatable bonds is 9. The molecule has 6 heteroatoms. The van der Waals surface area contributed by atoms with Gasteiger partial charge in [-0.1, -0.05) is 0 Å². The van der Waals surface area contributed by atoms with Crippen molar-refractivity contribution in [1.82, 2.24) is 14.7 Å². The zero-order valence-electron chi connectivity index (χ0n) is 15.2. The van der Waals surface area contributed by atoms with E-state index in [-0.39, 0.29) is 11.4 Å². The van der Waals surface area contributed by atoms with Gasteiger partial charge in [0.05, 0.1) is 12.0 Å². The second-order valence-electron chi connectivity index (χ2n) is 6.69. The predicted molar refractivity (Wildman–Crippen MR) is 92.7 cm³/mol. The molecule has 1 saturated heterocycles. The molecule has 24 heavy (non-hydrogen) atoms. The molecule has 1 aromatic heterocycles. The van der Waals surface area contributed by atoms with Crippen molar-refractivity contribution in [2.24, 2.45) is 5.41 Å². The SMILES string of the molecule is CCOC(=O)C1(CCOC)CCN([C@H](C)CCn2cccn2)CC1. The van der Waals surface area contributed by atoms with Crippen LogP contribution in [-0.2, 0) is 20.8 Å². The average molecular weight is 337 g/mol.